The van der Waals surface area contributed by atoms with Gasteiger partial charge in [-0.3, -0.25) is 4.79 Å². The van der Waals surface area contributed by atoms with E-state index >= 15 is 0 Å². The third-order valence-electron chi connectivity index (χ3n) is 2.54. The molecule has 0 aliphatic heterocycles. The van der Waals surface area contributed by atoms with Crippen LogP contribution < -0.4 is 15.8 Å². The van der Waals surface area contributed by atoms with Crippen molar-refractivity contribution in [3.63, 3.8) is 0 Å². The first kappa shape index (κ1) is 16.7. The van der Waals surface area contributed by atoms with Crippen molar-refractivity contribution in [3.05, 3.63) is 23.2 Å². The summed E-state index contributed by atoms with van der Waals surface area (Å²) in [6.45, 7) is 3.87. The van der Waals surface area contributed by atoms with Gasteiger partial charge < -0.3 is 11.1 Å². The molecule has 0 radical (unpaired) electrons. The number of nitrogen functional groups attached to an aromatic ring is 1. The average Bonchev–Trinajstić information content (AvgIpc) is 2.34. The summed E-state index contributed by atoms with van der Waals surface area (Å²) in [6.07, 6.45) is 0.773. The first-order valence-corrected chi connectivity index (χ1v) is 7.99. The quantitative estimate of drug-likeness (QED) is 0.684. The summed E-state index contributed by atoms with van der Waals surface area (Å²) in [4.78, 5) is 11.6. The second-order valence-corrected chi connectivity index (χ2v) is 6.43. The first-order chi connectivity index (χ1) is 9.27. The Labute approximate surface area is 123 Å². The number of halogens is 1. The molecule has 20 heavy (non-hydrogen) atoms. The van der Waals surface area contributed by atoms with Crippen molar-refractivity contribution in [2.75, 3.05) is 12.3 Å². The highest BCUT2D eigenvalue weighted by atomic mass is 35.5. The number of hydrogen-bond donors (Lipinski definition) is 3. The summed E-state index contributed by atoms with van der Waals surface area (Å²) in [5.41, 5.74) is 5.67. The van der Waals surface area contributed by atoms with E-state index in [1.807, 2.05) is 6.92 Å². The molecule has 1 aromatic rings. The van der Waals surface area contributed by atoms with E-state index in [1.165, 1.54) is 25.1 Å². The molecular weight excluding hydrogens is 302 g/mol. The van der Waals surface area contributed by atoms with Crippen LogP contribution in [0.4, 0.5) is 5.69 Å². The highest BCUT2D eigenvalue weighted by Crippen LogP contribution is 2.22. The normalized spacial score (nSPS) is 12.9. The van der Waals surface area contributed by atoms with Crippen LogP contribution >= 0.6 is 11.6 Å². The SMILES string of the molecule is CCCNC(=O)C(C)NS(=O)(=O)c1ccc(Cl)cc1N. The minimum absolute atomic E-state index is 0.0335. The van der Waals surface area contributed by atoms with Crippen LogP contribution in [-0.4, -0.2) is 26.9 Å². The molecule has 0 aliphatic rings. The van der Waals surface area contributed by atoms with Crippen molar-refractivity contribution < 1.29 is 13.2 Å². The van der Waals surface area contributed by atoms with E-state index < -0.39 is 16.1 Å². The average molecular weight is 320 g/mol. The molecule has 1 atom stereocenters. The van der Waals surface area contributed by atoms with Crippen LogP contribution in [0.5, 0.6) is 0 Å². The predicted octanol–water partition coefficient (Wildman–Crippen LogP) is 1.12. The molecule has 0 saturated heterocycles. The van der Waals surface area contributed by atoms with Gasteiger partial charge in [-0.25, -0.2) is 8.42 Å². The summed E-state index contributed by atoms with van der Waals surface area (Å²) in [7, 11) is -3.87. The van der Waals surface area contributed by atoms with Crippen LogP contribution in [0.3, 0.4) is 0 Å². The monoisotopic (exact) mass is 319 g/mol. The zero-order valence-corrected chi connectivity index (χ0v) is 12.9. The Kier molecular flexibility index (Phi) is 5.79. The smallest absolute Gasteiger partial charge is 0.243 e. The lowest BCUT2D eigenvalue weighted by atomic mass is 10.3. The van der Waals surface area contributed by atoms with Crippen LogP contribution in [0.15, 0.2) is 23.1 Å². The topological polar surface area (TPSA) is 101 Å². The number of anilines is 1. The van der Waals surface area contributed by atoms with Gasteiger partial charge in [0.05, 0.1) is 11.7 Å². The Bertz CT molecular complexity index is 590. The zero-order valence-electron chi connectivity index (χ0n) is 11.3. The van der Waals surface area contributed by atoms with Crippen molar-refractivity contribution in [1.29, 1.82) is 0 Å². The fraction of sp³-hybridized carbons (Fsp3) is 0.417. The molecule has 1 aromatic carbocycles. The Balaban J connectivity index is 2.87. The van der Waals surface area contributed by atoms with E-state index in [2.05, 4.69) is 10.0 Å². The third kappa shape index (κ3) is 4.36. The molecule has 0 spiro atoms. The summed E-state index contributed by atoms with van der Waals surface area (Å²) in [6, 6.07) is 3.18. The van der Waals surface area contributed by atoms with Crippen molar-refractivity contribution in [3.8, 4) is 0 Å². The Morgan fingerprint density at radius 1 is 1.45 bits per heavy atom. The second-order valence-electron chi connectivity index (χ2n) is 4.32. The van der Waals surface area contributed by atoms with Gasteiger partial charge in [-0.05, 0) is 31.5 Å². The van der Waals surface area contributed by atoms with E-state index in [-0.39, 0.29) is 16.5 Å². The Morgan fingerprint density at radius 2 is 2.10 bits per heavy atom. The molecular formula is C12H18ClN3O3S. The molecule has 0 heterocycles. The van der Waals surface area contributed by atoms with Crippen LogP contribution in [0.1, 0.15) is 20.3 Å². The molecule has 1 rings (SSSR count). The van der Waals surface area contributed by atoms with Crippen LogP contribution in [-0.2, 0) is 14.8 Å². The summed E-state index contributed by atoms with van der Waals surface area (Å²) >= 11 is 5.72. The minimum atomic E-state index is -3.87. The van der Waals surface area contributed by atoms with E-state index in [4.69, 9.17) is 17.3 Å². The largest absolute Gasteiger partial charge is 0.398 e. The highest BCUT2D eigenvalue weighted by molar-refractivity contribution is 7.89. The molecule has 6 nitrogen and oxygen atoms in total. The Hall–Kier alpha value is -1.31. The fourth-order valence-corrected chi connectivity index (χ4v) is 3.01. The van der Waals surface area contributed by atoms with Gasteiger partial charge in [0.15, 0.2) is 0 Å². The number of sulfonamides is 1. The van der Waals surface area contributed by atoms with Crippen LogP contribution in [0.25, 0.3) is 0 Å². The number of nitrogens with one attached hydrogen (secondary N) is 2. The van der Waals surface area contributed by atoms with Crippen molar-refractivity contribution >= 4 is 33.2 Å². The molecule has 112 valence electrons. The van der Waals surface area contributed by atoms with Gasteiger partial charge in [0.25, 0.3) is 0 Å². The molecule has 0 aliphatic carbocycles. The third-order valence-corrected chi connectivity index (χ3v) is 4.39. The lowest BCUT2D eigenvalue weighted by Gasteiger charge is -2.15. The number of benzene rings is 1. The van der Waals surface area contributed by atoms with Gasteiger partial charge >= 0.3 is 0 Å². The standard InChI is InChI=1S/C12H18ClN3O3S/c1-3-6-15-12(17)8(2)16-20(18,19)11-5-4-9(13)7-10(11)14/h4-5,7-8,16H,3,6,14H2,1-2H3,(H,15,17). The molecule has 0 fully saturated rings. The van der Waals surface area contributed by atoms with Gasteiger partial charge in [0.1, 0.15) is 4.90 Å². The second kappa shape index (κ2) is 6.92. The minimum Gasteiger partial charge on any atom is -0.398 e. The summed E-state index contributed by atoms with van der Waals surface area (Å²) < 4.78 is 26.6. The predicted molar refractivity (Wildman–Crippen MR) is 78.9 cm³/mol. The lowest BCUT2D eigenvalue weighted by Crippen LogP contribution is -2.45. The molecule has 1 unspecified atom stereocenters. The van der Waals surface area contributed by atoms with Gasteiger partial charge in [0.2, 0.25) is 15.9 Å². The lowest BCUT2D eigenvalue weighted by molar-refractivity contribution is -0.122. The fourth-order valence-electron chi connectivity index (χ4n) is 1.52. The maximum atomic E-state index is 12.1. The zero-order chi connectivity index (χ0) is 15.3. The van der Waals surface area contributed by atoms with E-state index in [0.717, 1.165) is 6.42 Å². The van der Waals surface area contributed by atoms with Crippen molar-refractivity contribution in [2.24, 2.45) is 0 Å². The number of carbonyl (C=O) groups excluding carboxylic acids is 1. The Morgan fingerprint density at radius 3 is 2.65 bits per heavy atom. The van der Waals surface area contributed by atoms with E-state index in [0.29, 0.717) is 11.6 Å². The molecule has 0 saturated carbocycles. The molecule has 0 bridgehead atoms. The number of amides is 1. The number of carbonyl (C=O) groups is 1. The maximum absolute atomic E-state index is 12.1. The van der Waals surface area contributed by atoms with E-state index in [1.54, 1.807) is 0 Å². The molecule has 0 aromatic heterocycles. The van der Waals surface area contributed by atoms with Crippen molar-refractivity contribution in [2.45, 2.75) is 31.2 Å². The maximum Gasteiger partial charge on any atom is 0.243 e. The van der Waals surface area contributed by atoms with Gasteiger partial charge in [-0.1, -0.05) is 18.5 Å². The number of hydrogen-bond acceptors (Lipinski definition) is 4. The summed E-state index contributed by atoms with van der Waals surface area (Å²) in [5.74, 6) is -0.386. The molecule has 1 amide bonds. The van der Waals surface area contributed by atoms with Crippen LogP contribution in [0.2, 0.25) is 5.02 Å². The van der Waals surface area contributed by atoms with Crippen LogP contribution in [0, 0.1) is 0 Å². The van der Waals surface area contributed by atoms with Crippen molar-refractivity contribution in [1.82, 2.24) is 10.0 Å². The highest BCUT2D eigenvalue weighted by Gasteiger charge is 2.23. The number of rotatable bonds is 6. The summed E-state index contributed by atoms with van der Waals surface area (Å²) in [5, 5.41) is 2.95. The van der Waals surface area contributed by atoms with Gasteiger partial charge in [-0.15, -0.1) is 0 Å². The van der Waals surface area contributed by atoms with Gasteiger partial charge in [0, 0.05) is 11.6 Å². The molecule has 8 heteroatoms. The van der Waals surface area contributed by atoms with Gasteiger partial charge in [-0.2, -0.15) is 4.72 Å². The van der Waals surface area contributed by atoms with E-state index in [9.17, 15) is 13.2 Å². The first-order valence-electron chi connectivity index (χ1n) is 6.13. The molecule has 4 N–H and O–H groups in total. The number of nitrogens with two attached hydrogens (primary N) is 1.